The number of benzene rings is 2. The first kappa shape index (κ1) is 22.3. The van der Waals surface area contributed by atoms with Crippen molar-refractivity contribution >= 4 is 16.9 Å². The quantitative estimate of drug-likeness (QED) is 0.288. The van der Waals surface area contributed by atoms with Crippen molar-refractivity contribution in [2.24, 2.45) is 23.7 Å². The summed E-state index contributed by atoms with van der Waals surface area (Å²) >= 11 is 1.86. The molecule has 5 heteroatoms. The Morgan fingerprint density at radius 3 is 2.18 bits per heavy atom. The highest BCUT2D eigenvalue weighted by molar-refractivity contribution is 7.16. The van der Waals surface area contributed by atoms with Gasteiger partial charge in [-0.25, -0.2) is 0 Å². The van der Waals surface area contributed by atoms with Gasteiger partial charge in [-0.1, -0.05) is 36.9 Å². The van der Waals surface area contributed by atoms with Gasteiger partial charge in [0.25, 0.3) is 0 Å². The Morgan fingerprint density at radius 1 is 0.895 bits per heavy atom. The number of hydrogen-bond acceptors (Lipinski definition) is 4. The van der Waals surface area contributed by atoms with E-state index in [0.717, 1.165) is 28.5 Å². The van der Waals surface area contributed by atoms with Crippen LogP contribution in [0.1, 0.15) is 59.2 Å². The molecule has 2 heterocycles. The number of rotatable bonds is 2. The molecule has 4 fully saturated rings. The number of hydrogen-bond donors (Lipinski definition) is 2. The van der Waals surface area contributed by atoms with Crippen LogP contribution in [0.2, 0.25) is 0 Å². The van der Waals surface area contributed by atoms with E-state index in [1.54, 1.807) is 28.8 Å². The second kappa shape index (κ2) is 7.65. The zero-order valence-electron chi connectivity index (χ0n) is 21.0. The molecule has 4 saturated carbocycles. The minimum Gasteiger partial charge on any atom is -0.494 e. The number of nitriles is 1. The van der Waals surface area contributed by atoms with Crippen LogP contribution in [0.3, 0.4) is 0 Å². The summed E-state index contributed by atoms with van der Waals surface area (Å²) in [5, 5.41) is 33.1. The van der Waals surface area contributed by atoms with Gasteiger partial charge in [0, 0.05) is 20.7 Å². The fourth-order valence-corrected chi connectivity index (χ4v) is 10.3. The lowest BCUT2D eigenvalue weighted by Gasteiger charge is -2.62. The van der Waals surface area contributed by atoms with E-state index in [0.29, 0.717) is 28.7 Å². The minimum absolute atomic E-state index is 0.0403. The molecule has 38 heavy (non-hydrogen) atoms. The summed E-state index contributed by atoms with van der Waals surface area (Å²) in [6, 6.07) is 22.0. The predicted octanol–water partition coefficient (Wildman–Crippen LogP) is 7.61. The van der Waals surface area contributed by atoms with Crippen LogP contribution in [0.15, 0.2) is 67.2 Å². The zero-order valence-corrected chi connectivity index (χ0v) is 21.8. The van der Waals surface area contributed by atoms with Crippen LogP contribution in [-0.4, -0.2) is 14.8 Å². The van der Waals surface area contributed by atoms with E-state index >= 15 is 0 Å². The van der Waals surface area contributed by atoms with Crippen LogP contribution in [0.25, 0.3) is 21.7 Å². The third-order valence-electron chi connectivity index (χ3n) is 10.0. The molecular weight excluding hydrogens is 488 g/mol. The Kier molecular flexibility index (Phi) is 4.48. The highest BCUT2D eigenvalue weighted by atomic mass is 32.1. The molecule has 1 spiro atoms. The van der Waals surface area contributed by atoms with E-state index in [2.05, 4.69) is 43.0 Å². The van der Waals surface area contributed by atoms with E-state index in [1.807, 2.05) is 17.4 Å². The average Bonchev–Trinajstić information content (AvgIpc) is 3.49. The zero-order chi connectivity index (χ0) is 25.8. The lowest BCUT2D eigenvalue weighted by molar-refractivity contribution is -0.0417. The van der Waals surface area contributed by atoms with E-state index < -0.39 is 0 Å². The maximum atomic E-state index is 12.1. The molecular formula is C33H28N2O2S. The average molecular weight is 517 g/mol. The number of nitrogens with zero attached hydrogens (tertiary/aromatic N) is 2. The summed E-state index contributed by atoms with van der Waals surface area (Å²) in [5.74, 6) is 2.58. The summed E-state index contributed by atoms with van der Waals surface area (Å²) < 4.78 is 1.57. The first-order valence-corrected chi connectivity index (χ1v) is 14.4. The summed E-state index contributed by atoms with van der Waals surface area (Å²) in [6.07, 6.45) is 6.06. The molecule has 4 nitrogen and oxygen atoms in total. The monoisotopic (exact) mass is 516 g/mol. The summed E-state index contributed by atoms with van der Waals surface area (Å²) in [7, 11) is 0. The highest BCUT2D eigenvalue weighted by Gasteiger charge is 2.63. The fraction of sp³-hybridized carbons (Fsp3) is 0.303. The standard InChI is InChI=1S/C33H28N2O2S/c1-18-26-16-27(22-5-3-2-4-6-22)38-30(26)33(23-12-20-11-21(14-23)15-24(33)13-20)29-28(18)31(36)35(32(29)37)25-9-7-19(17-34)8-10-25/h2-10,16,20-21,23-24,36-37H,1,11-15H2. The van der Waals surface area contributed by atoms with Crippen LogP contribution in [0.5, 0.6) is 11.8 Å². The van der Waals surface area contributed by atoms with E-state index in [9.17, 15) is 15.5 Å². The Morgan fingerprint density at radius 2 is 1.55 bits per heavy atom. The third kappa shape index (κ3) is 2.69. The molecule has 0 amide bonds. The van der Waals surface area contributed by atoms with Crippen molar-refractivity contribution in [1.29, 1.82) is 5.26 Å². The Hall–Kier alpha value is -3.75. The summed E-state index contributed by atoms with van der Waals surface area (Å²) in [4.78, 5) is 2.55. The van der Waals surface area contributed by atoms with Gasteiger partial charge in [0.1, 0.15) is 0 Å². The lowest BCUT2D eigenvalue weighted by Crippen LogP contribution is -2.56. The van der Waals surface area contributed by atoms with Gasteiger partial charge in [0.05, 0.1) is 22.9 Å². The Bertz CT molecular complexity index is 1640. The number of fused-ring (bicyclic) bond motifs is 2. The van der Waals surface area contributed by atoms with Gasteiger partial charge in [0.2, 0.25) is 11.8 Å². The van der Waals surface area contributed by atoms with Crippen molar-refractivity contribution in [3.05, 3.63) is 94.4 Å². The maximum absolute atomic E-state index is 12.1. The Balaban J connectivity index is 1.42. The third-order valence-corrected chi connectivity index (χ3v) is 11.3. The van der Waals surface area contributed by atoms with Gasteiger partial charge in [-0.05, 0) is 103 Å². The molecule has 0 atom stereocenters. The molecule has 0 unspecified atom stereocenters. The van der Waals surface area contributed by atoms with Crippen LogP contribution >= 0.6 is 11.3 Å². The summed E-state index contributed by atoms with van der Waals surface area (Å²) in [6.45, 7) is 4.51. The van der Waals surface area contributed by atoms with Crippen LogP contribution in [0.4, 0.5) is 0 Å². The minimum atomic E-state index is -0.323. The van der Waals surface area contributed by atoms with Gasteiger partial charge in [-0.15, -0.1) is 11.3 Å². The van der Waals surface area contributed by atoms with Crippen molar-refractivity contribution in [2.45, 2.75) is 37.5 Å². The molecule has 5 aliphatic carbocycles. The van der Waals surface area contributed by atoms with Crippen LogP contribution in [0, 0.1) is 35.0 Å². The molecule has 188 valence electrons. The molecule has 0 saturated heterocycles. The van der Waals surface area contributed by atoms with E-state index in [-0.39, 0.29) is 17.2 Å². The van der Waals surface area contributed by atoms with Gasteiger partial charge in [0.15, 0.2) is 0 Å². The molecule has 2 N–H and O–H groups in total. The van der Waals surface area contributed by atoms with Crippen molar-refractivity contribution in [3.8, 4) is 34.0 Å². The molecule has 2 aromatic carbocycles. The topological polar surface area (TPSA) is 69.2 Å². The molecule has 4 aromatic rings. The SMILES string of the molecule is C=C1c2cc(-c3ccccc3)sc2C2(c3c1c(O)n(-c1ccc(C#N)cc1)c3O)C1CC3CC(C1)CC2C3. The number of aromatic nitrogens is 1. The molecule has 9 rings (SSSR count). The molecule has 4 bridgehead atoms. The van der Waals surface area contributed by atoms with E-state index in [1.165, 1.54) is 47.4 Å². The van der Waals surface area contributed by atoms with E-state index in [4.69, 9.17) is 0 Å². The molecule has 0 aliphatic heterocycles. The largest absolute Gasteiger partial charge is 0.494 e. The van der Waals surface area contributed by atoms with Gasteiger partial charge in [-0.2, -0.15) is 5.26 Å². The van der Waals surface area contributed by atoms with Crippen molar-refractivity contribution in [1.82, 2.24) is 4.57 Å². The highest BCUT2D eigenvalue weighted by Crippen LogP contribution is 2.71. The number of thiophene rings is 1. The first-order valence-electron chi connectivity index (χ1n) is 13.6. The first-order chi connectivity index (χ1) is 18.5. The maximum Gasteiger partial charge on any atom is 0.207 e. The predicted molar refractivity (Wildman–Crippen MR) is 150 cm³/mol. The second-order valence-electron chi connectivity index (χ2n) is 11.8. The van der Waals surface area contributed by atoms with Gasteiger partial charge < -0.3 is 10.2 Å². The molecule has 0 radical (unpaired) electrons. The Labute approximate surface area is 226 Å². The molecule has 2 aromatic heterocycles. The lowest BCUT2D eigenvalue weighted by atomic mass is 9.42. The summed E-state index contributed by atoms with van der Waals surface area (Å²) in [5.41, 5.74) is 5.55. The van der Waals surface area contributed by atoms with Crippen molar-refractivity contribution < 1.29 is 10.2 Å². The second-order valence-corrected chi connectivity index (χ2v) is 12.8. The van der Waals surface area contributed by atoms with Crippen molar-refractivity contribution in [2.75, 3.05) is 0 Å². The smallest absolute Gasteiger partial charge is 0.207 e. The van der Waals surface area contributed by atoms with Crippen LogP contribution in [-0.2, 0) is 5.41 Å². The van der Waals surface area contributed by atoms with Crippen LogP contribution < -0.4 is 0 Å². The fourth-order valence-electron chi connectivity index (χ4n) is 8.78. The van der Waals surface area contributed by atoms with Gasteiger partial charge >= 0.3 is 0 Å². The van der Waals surface area contributed by atoms with Gasteiger partial charge in [-0.3, -0.25) is 4.57 Å². The normalized spacial score (nSPS) is 28.3. The molecule has 5 aliphatic rings. The number of aromatic hydroxyl groups is 2. The van der Waals surface area contributed by atoms with Crippen molar-refractivity contribution in [3.63, 3.8) is 0 Å².